The van der Waals surface area contributed by atoms with Crippen molar-refractivity contribution in [3.63, 3.8) is 0 Å². The molecule has 0 radical (unpaired) electrons. The number of fused-ring (bicyclic) bond motifs is 3. The van der Waals surface area contributed by atoms with Gasteiger partial charge in [-0.2, -0.15) is 4.98 Å². The lowest BCUT2D eigenvalue weighted by Gasteiger charge is -2.19. The van der Waals surface area contributed by atoms with Gasteiger partial charge in [0.25, 0.3) is 5.95 Å². The molecule has 8 rings (SSSR count). The molecule has 3 aromatic carbocycles. The number of ether oxygens (including phenoxy) is 6. The van der Waals surface area contributed by atoms with Crippen molar-refractivity contribution in [2.45, 2.75) is 18.6 Å². The van der Waals surface area contributed by atoms with Crippen LogP contribution in [0.25, 0.3) is 27.9 Å². The predicted octanol–water partition coefficient (Wildman–Crippen LogP) is 2.75. The molecule has 20 heteroatoms. The number of imidazole rings is 1. The number of nitrogens with zero attached hydrogens (tertiary/aromatic N) is 4. The Kier molecular flexibility index (Phi) is 12.2. The molecule has 318 valence electrons. The van der Waals surface area contributed by atoms with Gasteiger partial charge < -0.3 is 58.1 Å². The lowest BCUT2D eigenvalue weighted by molar-refractivity contribution is -0.122. The van der Waals surface area contributed by atoms with E-state index in [1.807, 2.05) is 12.1 Å². The molecule has 1 amide bonds. The normalized spacial score (nSPS) is 12.7. The standard InChI is InChI=1S/C42H36N6O14/c49-22-58-37-17-28(52)39-31(4-2-6-33(39)62-37)56-19-25(50)18-55-30-3-1-5-32-38(30)27(51)16-35(61-32)41(54)57-20-26(46-36-10-12-45-42(47-36)48-14-13-43-21-48)40(53)44-11-9-24-7-8-29-34(15-24)60-23-59-29/h1-8,10,12-17,21,25-26,49-50H,9,11,18-20,22-23H2,(H,44,53)(H,45,46,47). The van der Waals surface area contributed by atoms with Crippen LogP contribution in [0.3, 0.4) is 0 Å². The number of carbonyl (C=O) groups excluding carboxylic acids is 2. The third-order valence-corrected chi connectivity index (χ3v) is 9.23. The zero-order valence-corrected chi connectivity index (χ0v) is 32.4. The number of benzene rings is 3. The summed E-state index contributed by atoms with van der Waals surface area (Å²) in [6, 6.07) is 17.0. The Labute approximate surface area is 349 Å². The van der Waals surface area contributed by atoms with Gasteiger partial charge in [-0.1, -0.05) is 18.2 Å². The van der Waals surface area contributed by atoms with Crippen LogP contribution in [-0.4, -0.2) is 93.7 Å². The molecule has 0 saturated carbocycles. The minimum Gasteiger partial charge on any atom is -0.490 e. The van der Waals surface area contributed by atoms with Crippen LogP contribution in [0, 0.1) is 0 Å². The van der Waals surface area contributed by atoms with Crippen LogP contribution < -0.4 is 45.2 Å². The number of amides is 1. The lowest BCUT2D eigenvalue weighted by atomic mass is 10.1. The number of hydrogen-bond acceptors (Lipinski definition) is 18. The fourth-order valence-electron chi connectivity index (χ4n) is 6.30. The van der Waals surface area contributed by atoms with Crippen molar-refractivity contribution in [1.29, 1.82) is 0 Å². The monoisotopic (exact) mass is 848 g/mol. The highest BCUT2D eigenvalue weighted by molar-refractivity contribution is 5.91. The van der Waals surface area contributed by atoms with Gasteiger partial charge in [0.2, 0.25) is 24.4 Å². The molecule has 0 bridgehead atoms. The summed E-state index contributed by atoms with van der Waals surface area (Å²) in [4.78, 5) is 65.7. The number of hydrogen-bond donors (Lipinski definition) is 4. The smallest absolute Gasteiger partial charge is 0.374 e. The number of aromatic nitrogens is 4. The second-order valence-corrected chi connectivity index (χ2v) is 13.4. The number of aliphatic hydroxyl groups excluding tert-OH is 2. The van der Waals surface area contributed by atoms with Gasteiger partial charge >= 0.3 is 5.97 Å². The molecule has 5 heterocycles. The molecule has 0 fully saturated rings. The zero-order valence-electron chi connectivity index (χ0n) is 32.4. The third kappa shape index (κ3) is 9.40. The van der Waals surface area contributed by atoms with E-state index in [-0.39, 0.29) is 77.7 Å². The van der Waals surface area contributed by atoms with Crippen LogP contribution in [0.2, 0.25) is 0 Å². The Morgan fingerprint density at radius 3 is 2.32 bits per heavy atom. The van der Waals surface area contributed by atoms with Crippen LogP contribution in [-0.2, 0) is 16.0 Å². The second kappa shape index (κ2) is 18.5. The van der Waals surface area contributed by atoms with Gasteiger partial charge in [-0.3, -0.25) is 19.0 Å². The third-order valence-electron chi connectivity index (χ3n) is 9.23. The van der Waals surface area contributed by atoms with Crippen molar-refractivity contribution < 1.29 is 57.1 Å². The summed E-state index contributed by atoms with van der Waals surface area (Å²) in [6.45, 7) is -1.45. The van der Waals surface area contributed by atoms with Crippen molar-refractivity contribution >= 4 is 39.6 Å². The topological polar surface area (TPSA) is 258 Å². The Balaban J connectivity index is 0.916. The molecule has 2 unspecified atom stereocenters. The fourth-order valence-corrected chi connectivity index (χ4v) is 6.30. The lowest BCUT2D eigenvalue weighted by Crippen LogP contribution is -2.44. The summed E-state index contributed by atoms with van der Waals surface area (Å²) in [5, 5.41) is 25.6. The highest BCUT2D eigenvalue weighted by Gasteiger charge is 2.24. The number of nitrogens with one attached hydrogen (secondary N) is 2. The molecule has 1 aliphatic heterocycles. The van der Waals surface area contributed by atoms with E-state index in [0.29, 0.717) is 17.9 Å². The van der Waals surface area contributed by atoms with E-state index in [2.05, 4.69) is 25.6 Å². The SMILES string of the molecule is O=C(OCC(Nc1ccnc(-n2ccnc2)n1)C(=O)NCCc1ccc2c(c1)OCO2)c1cc(=O)c2c(OCC(O)COc3cccc4oc(OCO)cc(=O)c34)cccc2o1. The molecule has 62 heavy (non-hydrogen) atoms. The molecule has 7 aromatic rings. The molecule has 4 aromatic heterocycles. The van der Waals surface area contributed by atoms with Crippen LogP contribution >= 0.6 is 0 Å². The minimum atomic E-state index is -1.23. The molecule has 0 saturated heterocycles. The van der Waals surface area contributed by atoms with E-state index >= 15 is 0 Å². The molecule has 0 spiro atoms. The van der Waals surface area contributed by atoms with Gasteiger partial charge in [0, 0.05) is 31.2 Å². The van der Waals surface area contributed by atoms with Crippen LogP contribution in [0.1, 0.15) is 16.1 Å². The number of aliphatic hydroxyl groups is 2. The summed E-state index contributed by atoms with van der Waals surface area (Å²) in [6.07, 6.45) is 5.44. The molecule has 20 nitrogen and oxygen atoms in total. The van der Waals surface area contributed by atoms with E-state index in [0.717, 1.165) is 17.7 Å². The van der Waals surface area contributed by atoms with Crippen molar-refractivity contribution in [3.8, 4) is 34.9 Å². The first kappa shape index (κ1) is 40.8. The maximum absolute atomic E-state index is 13.6. The Hall–Kier alpha value is -7.97. The summed E-state index contributed by atoms with van der Waals surface area (Å²) in [5.74, 6) is -0.178. The first-order valence-corrected chi connectivity index (χ1v) is 18.9. The van der Waals surface area contributed by atoms with Crippen molar-refractivity contribution in [2.75, 3.05) is 45.3 Å². The van der Waals surface area contributed by atoms with Crippen LogP contribution in [0.4, 0.5) is 5.82 Å². The highest BCUT2D eigenvalue weighted by Crippen LogP contribution is 2.32. The maximum Gasteiger partial charge on any atom is 0.374 e. The summed E-state index contributed by atoms with van der Waals surface area (Å²) in [5.41, 5.74) is -0.100. The highest BCUT2D eigenvalue weighted by atomic mass is 16.7. The molecule has 2 atom stereocenters. The first-order valence-electron chi connectivity index (χ1n) is 18.9. The average Bonchev–Trinajstić information content (AvgIpc) is 3.99. The number of esters is 1. The Morgan fingerprint density at radius 1 is 0.839 bits per heavy atom. The van der Waals surface area contributed by atoms with E-state index in [1.54, 1.807) is 35.2 Å². The molecular weight excluding hydrogens is 812 g/mol. The van der Waals surface area contributed by atoms with Gasteiger partial charge in [-0.15, -0.1) is 0 Å². The largest absolute Gasteiger partial charge is 0.490 e. The predicted molar refractivity (Wildman–Crippen MR) is 216 cm³/mol. The Bertz CT molecular complexity index is 2850. The number of anilines is 1. The van der Waals surface area contributed by atoms with E-state index in [9.17, 15) is 24.3 Å². The summed E-state index contributed by atoms with van der Waals surface area (Å²) < 4.78 is 45.5. The van der Waals surface area contributed by atoms with Gasteiger partial charge in [0.15, 0.2) is 29.1 Å². The van der Waals surface area contributed by atoms with Crippen LogP contribution in [0.15, 0.2) is 116 Å². The van der Waals surface area contributed by atoms with E-state index < -0.39 is 54.0 Å². The summed E-state index contributed by atoms with van der Waals surface area (Å²) in [7, 11) is 0. The molecule has 0 aliphatic carbocycles. The van der Waals surface area contributed by atoms with E-state index in [1.165, 1.54) is 42.9 Å². The van der Waals surface area contributed by atoms with E-state index in [4.69, 9.17) is 42.4 Å². The second-order valence-electron chi connectivity index (χ2n) is 13.4. The minimum absolute atomic E-state index is 0.0105. The van der Waals surface area contributed by atoms with Gasteiger partial charge in [0.1, 0.15) is 77.5 Å². The number of rotatable bonds is 18. The average molecular weight is 849 g/mol. The quantitative estimate of drug-likeness (QED) is 0.0715. The zero-order chi connectivity index (χ0) is 43.0. The molecular formula is C42H36N6O14. The molecule has 1 aliphatic rings. The van der Waals surface area contributed by atoms with Crippen LogP contribution in [0.5, 0.6) is 28.9 Å². The van der Waals surface area contributed by atoms with Crippen molar-refractivity contribution in [2.24, 2.45) is 0 Å². The summed E-state index contributed by atoms with van der Waals surface area (Å²) >= 11 is 0. The van der Waals surface area contributed by atoms with Crippen molar-refractivity contribution in [3.05, 3.63) is 129 Å². The first-order chi connectivity index (χ1) is 30.2. The maximum atomic E-state index is 13.6. The Morgan fingerprint density at radius 2 is 1.58 bits per heavy atom. The van der Waals surface area contributed by atoms with Crippen molar-refractivity contribution in [1.82, 2.24) is 24.8 Å². The number of carbonyl (C=O) groups is 2. The van der Waals surface area contributed by atoms with Gasteiger partial charge in [0.05, 0.1) is 6.07 Å². The molecule has 4 N–H and O–H groups in total. The van der Waals surface area contributed by atoms with Gasteiger partial charge in [-0.25, -0.2) is 14.8 Å². The van der Waals surface area contributed by atoms with Gasteiger partial charge in [-0.05, 0) is 54.4 Å². The fraction of sp³-hybridized carbons (Fsp3) is 0.214.